The van der Waals surface area contributed by atoms with Gasteiger partial charge in [0.05, 0.1) is 11.0 Å². The quantitative estimate of drug-likeness (QED) is 0.447. The molecule has 0 saturated heterocycles. The second-order valence-electron chi connectivity index (χ2n) is 4.16. The highest BCUT2D eigenvalue weighted by Crippen LogP contribution is 2.18. The van der Waals surface area contributed by atoms with Crippen molar-refractivity contribution in [1.29, 1.82) is 0 Å². The molecule has 1 aromatic carbocycles. The lowest BCUT2D eigenvalue weighted by atomic mass is 10.3. The monoisotopic (exact) mass is 289 g/mol. The van der Waals surface area contributed by atoms with E-state index in [-0.39, 0.29) is 18.1 Å². The van der Waals surface area contributed by atoms with Crippen molar-refractivity contribution >= 4 is 18.1 Å². The number of benzene rings is 1. The van der Waals surface area contributed by atoms with E-state index in [1.54, 1.807) is 12.1 Å². The van der Waals surface area contributed by atoms with E-state index < -0.39 is 4.92 Å². The summed E-state index contributed by atoms with van der Waals surface area (Å²) in [7, 11) is 4.03. The van der Waals surface area contributed by atoms with Gasteiger partial charge in [0, 0.05) is 25.7 Å². The van der Waals surface area contributed by atoms with Gasteiger partial charge in [0.15, 0.2) is 0 Å². The molecule has 0 bridgehead atoms. The molecule has 0 amide bonds. The molecule has 0 atom stereocenters. The minimum Gasteiger partial charge on any atom is -0.492 e. The Morgan fingerprint density at radius 2 is 2.11 bits per heavy atom. The predicted molar refractivity (Wildman–Crippen MR) is 77.3 cm³/mol. The Balaban J connectivity index is 0.00000324. The number of hydrogen-bond acceptors (Lipinski definition) is 5. The second-order valence-corrected chi connectivity index (χ2v) is 4.16. The standard InChI is InChI=1S/C12H19N3O3.ClH/c1-14(2)8-6-13-7-9-18-12-5-3-4-11(10-12)15(16)17;/h3-5,10,13H,6-9H2,1-2H3;1H. The SMILES string of the molecule is CN(C)CCNCCOc1cccc([N+](=O)[O-])c1.Cl. The zero-order chi connectivity index (χ0) is 13.4. The van der Waals surface area contributed by atoms with Crippen LogP contribution in [0.15, 0.2) is 24.3 Å². The first-order valence-corrected chi connectivity index (χ1v) is 5.82. The van der Waals surface area contributed by atoms with Gasteiger partial charge in [-0.05, 0) is 20.2 Å². The molecule has 0 aromatic heterocycles. The molecular weight excluding hydrogens is 270 g/mol. The maximum atomic E-state index is 10.6. The third-order valence-corrected chi connectivity index (χ3v) is 2.31. The molecule has 0 saturated carbocycles. The van der Waals surface area contributed by atoms with E-state index in [2.05, 4.69) is 10.2 Å². The molecule has 0 unspecified atom stereocenters. The van der Waals surface area contributed by atoms with Crippen LogP contribution in [0.2, 0.25) is 0 Å². The zero-order valence-electron chi connectivity index (χ0n) is 11.2. The highest BCUT2D eigenvalue weighted by atomic mass is 35.5. The Labute approximate surface area is 119 Å². The van der Waals surface area contributed by atoms with Crippen molar-refractivity contribution in [2.45, 2.75) is 0 Å². The van der Waals surface area contributed by atoms with E-state index in [0.717, 1.165) is 19.6 Å². The van der Waals surface area contributed by atoms with Crippen molar-refractivity contribution in [3.05, 3.63) is 34.4 Å². The van der Waals surface area contributed by atoms with Crippen LogP contribution in [-0.2, 0) is 0 Å². The number of ether oxygens (including phenoxy) is 1. The lowest BCUT2D eigenvalue weighted by Gasteiger charge is -2.10. The van der Waals surface area contributed by atoms with Gasteiger partial charge in [-0.25, -0.2) is 0 Å². The highest BCUT2D eigenvalue weighted by molar-refractivity contribution is 5.85. The molecule has 0 aliphatic rings. The lowest BCUT2D eigenvalue weighted by Crippen LogP contribution is -2.29. The van der Waals surface area contributed by atoms with E-state index in [1.807, 2.05) is 14.1 Å². The molecule has 7 heteroatoms. The molecule has 0 aliphatic heterocycles. The molecule has 0 spiro atoms. The summed E-state index contributed by atoms with van der Waals surface area (Å²) >= 11 is 0. The molecule has 0 heterocycles. The maximum absolute atomic E-state index is 10.6. The first-order chi connectivity index (χ1) is 8.59. The molecule has 0 fully saturated rings. The Kier molecular flexibility index (Phi) is 8.86. The maximum Gasteiger partial charge on any atom is 0.273 e. The molecule has 1 N–H and O–H groups in total. The minimum absolute atomic E-state index is 0. The van der Waals surface area contributed by atoms with Gasteiger partial charge in [-0.2, -0.15) is 0 Å². The Hall–Kier alpha value is -1.37. The average Bonchev–Trinajstić information content (AvgIpc) is 2.33. The number of non-ortho nitro benzene ring substituents is 1. The van der Waals surface area contributed by atoms with Crippen molar-refractivity contribution < 1.29 is 9.66 Å². The number of halogens is 1. The topological polar surface area (TPSA) is 67.6 Å². The largest absolute Gasteiger partial charge is 0.492 e. The van der Waals surface area contributed by atoms with Gasteiger partial charge in [0.1, 0.15) is 12.4 Å². The summed E-state index contributed by atoms with van der Waals surface area (Å²) in [5.74, 6) is 0.526. The van der Waals surface area contributed by atoms with Gasteiger partial charge in [0.25, 0.3) is 5.69 Å². The summed E-state index contributed by atoms with van der Waals surface area (Å²) in [4.78, 5) is 12.2. The molecule has 1 aromatic rings. The Morgan fingerprint density at radius 1 is 1.37 bits per heavy atom. The Bertz CT molecular complexity index is 388. The molecule has 19 heavy (non-hydrogen) atoms. The van der Waals surface area contributed by atoms with E-state index in [4.69, 9.17) is 4.74 Å². The first-order valence-electron chi connectivity index (χ1n) is 5.82. The first kappa shape index (κ1) is 17.6. The van der Waals surface area contributed by atoms with Gasteiger partial charge in [-0.3, -0.25) is 10.1 Å². The fourth-order valence-electron chi connectivity index (χ4n) is 1.36. The van der Waals surface area contributed by atoms with Crippen LogP contribution in [-0.4, -0.2) is 50.2 Å². The summed E-state index contributed by atoms with van der Waals surface area (Å²) in [5.41, 5.74) is 0.0491. The second kappa shape index (κ2) is 9.55. The number of hydrogen-bond donors (Lipinski definition) is 1. The van der Waals surface area contributed by atoms with Gasteiger partial charge in [-0.15, -0.1) is 12.4 Å². The van der Waals surface area contributed by atoms with Crippen LogP contribution in [0, 0.1) is 10.1 Å². The highest BCUT2D eigenvalue weighted by Gasteiger charge is 2.05. The number of nitro benzene ring substituents is 1. The Morgan fingerprint density at radius 3 is 2.74 bits per heavy atom. The van der Waals surface area contributed by atoms with E-state index in [9.17, 15) is 10.1 Å². The number of likely N-dealkylation sites (N-methyl/N-ethyl adjacent to an activating group) is 1. The summed E-state index contributed by atoms with van der Waals surface area (Å²) in [6, 6.07) is 6.21. The fourth-order valence-corrected chi connectivity index (χ4v) is 1.36. The minimum atomic E-state index is -0.428. The summed E-state index contributed by atoms with van der Waals surface area (Å²) in [6.45, 7) is 3.08. The van der Waals surface area contributed by atoms with E-state index in [1.165, 1.54) is 12.1 Å². The number of rotatable bonds is 8. The van der Waals surface area contributed by atoms with Crippen LogP contribution in [0.4, 0.5) is 5.69 Å². The molecule has 108 valence electrons. The normalized spacial score (nSPS) is 10.1. The van der Waals surface area contributed by atoms with Crippen LogP contribution < -0.4 is 10.1 Å². The molecule has 1 rings (SSSR count). The van der Waals surface area contributed by atoms with Crippen molar-refractivity contribution in [2.24, 2.45) is 0 Å². The third kappa shape index (κ3) is 7.61. The van der Waals surface area contributed by atoms with E-state index >= 15 is 0 Å². The number of nitrogens with zero attached hydrogens (tertiary/aromatic N) is 2. The fraction of sp³-hybridized carbons (Fsp3) is 0.500. The van der Waals surface area contributed by atoms with Crippen LogP contribution in [0.5, 0.6) is 5.75 Å². The van der Waals surface area contributed by atoms with Crippen molar-refractivity contribution in [2.75, 3.05) is 40.3 Å². The third-order valence-electron chi connectivity index (χ3n) is 2.31. The number of nitro groups is 1. The van der Waals surface area contributed by atoms with Gasteiger partial charge >= 0.3 is 0 Å². The van der Waals surface area contributed by atoms with Crippen molar-refractivity contribution in [1.82, 2.24) is 10.2 Å². The summed E-state index contributed by atoms with van der Waals surface area (Å²) in [5, 5.41) is 13.8. The molecule has 6 nitrogen and oxygen atoms in total. The lowest BCUT2D eigenvalue weighted by molar-refractivity contribution is -0.384. The van der Waals surface area contributed by atoms with Crippen LogP contribution in [0.3, 0.4) is 0 Å². The smallest absolute Gasteiger partial charge is 0.273 e. The molecule has 0 radical (unpaired) electrons. The summed E-state index contributed by atoms with van der Waals surface area (Å²) < 4.78 is 5.42. The van der Waals surface area contributed by atoms with Crippen molar-refractivity contribution in [3.8, 4) is 5.75 Å². The molecule has 0 aliphatic carbocycles. The van der Waals surface area contributed by atoms with Crippen molar-refractivity contribution in [3.63, 3.8) is 0 Å². The van der Waals surface area contributed by atoms with E-state index in [0.29, 0.717) is 12.4 Å². The van der Waals surface area contributed by atoms with Gasteiger partial charge in [0.2, 0.25) is 0 Å². The van der Waals surface area contributed by atoms with Crippen LogP contribution in [0.25, 0.3) is 0 Å². The predicted octanol–water partition coefficient (Wildman–Crippen LogP) is 1.55. The number of nitrogens with one attached hydrogen (secondary N) is 1. The van der Waals surface area contributed by atoms with Crippen LogP contribution in [0.1, 0.15) is 0 Å². The van der Waals surface area contributed by atoms with Gasteiger partial charge < -0.3 is 15.0 Å². The molecular formula is C12H20ClN3O3. The summed E-state index contributed by atoms with van der Waals surface area (Å²) in [6.07, 6.45) is 0. The van der Waals surface area contributed by atoms with Crippen LogP contribution >= 0.6 is 12.4 Å². The average molecular weight is 290 g/mol. The van der Waals surface area contributed by atoms with Gasteiger partial charge in [-0.1, -0.05) is 6.07 Å². The zero-order valence-corrected chi connectivity index (χ0v) is 12.0.